The molecular weight excluding hydrogens is 425 g/mol. The predicted octanol–water partition coefficient (Wildman–Crippen LogP) is 3.45. The third kappa shape index (κ3) is 4.58. The van der Waals surface area contributed by atoms with Crippen LogP contribution in [0.5, 0.6) is 0 Å². The Morgan fingerprint density at radius 1 is 1.27 bits per heavy atom. The number of hydrogen-bond acceptors (Lipinski definition) is 5. The van der Waals surface area contributed by atoms with E-state index in [-0.39, 0.29) is 18.1 Å². The van der Waals surface area contributed by atoms with Crippen LogP contribution in [0, 0.1) is 5.82 Å². The molecule has 0 saturated carbocycles. The number of benzene rings is 2. The van der Waals surface area contributed by atoms with E-state index in [4.69, 9.17) is 0 Å². The quantitative estimate of drug-likeness (QED) is 0.652. The summed E-state index contributed by atoms with van der Waals surface area (Å²) in [6.45, 7) is 0.697. The second-order valence-corrected chi connectivity index (χ2v) is 10.0. The fourth-order valence-electron chi connectivity index (χ4n) is 3.48. The summed E-state index contributed by atoms with van der Waals surface area (Å²) in [7, 11) is -3.25. The third-order valence-corrected chi connectivity index (χ3v) is 7.13. The van der Waals surface area contributed by atoms with Crippen molar-refractivity contribution in [3.8, 4) is 10.6 Å². The number of thiazole rings is 1. The van der Waals surface area contributed by atoms with Crippen molar-refractivity contribution < 1.29 is 17.6 Å². The number of nitrogens with zero attached hydrogens (tertiary/aromatic N) is 2. The summed E-state index contributed by atoms with van der Waals surface area (Å²) in [5.74, 6) is -0.532. The van der Waals surface area contributed by atoms with E-state index < -0.39 is 10.0 Å². The van der Waals surface area contributed by atoms with E-state index in [1.54, 1.807) is 17.5 Å². The van der Waals surface area contributed by atoms with Crippen LogP contribution in [0.1, 0.15) is 16.8 Å². The summed E-state index contributed by atoms with van der Waals surface area (Å²) in [5.41, 5.74) is 3.85. The first-order valence-electron chi connectivity index (χ1n) is 9.36. The van der Waals surface area contributed by atoms with Crippen molar-refractivity contribution in [2.75, 3.05) is 18.1 Å². The fraction of sp³-hybridized carbons (Fsp3) is 0.238. The molecular formula is C21H20FN3O3S2. The molecule has 4 rings (SSSR count). The van der Waals surface area contributed by atoms with Crippen molar-refractivity contribution >= 4 is 33.0 Å². The lowest BCUT2D eigenvalue weighted by atomic mass is 9.99. The van der Waals surface area contributed by atoms with Crippen molar-refractivity contribution in [2.24, 2.45) is 0 Å². The molecule has 0 unspecified atom stereocenters. The Balaban J connectivity index is 1.46. The van der Waals surface area contributed by atoms with Crippen LogP contribution in [0.15, 0.2) is 47.8 Å². The van der Waals surface area contributed by atoms with Gasteiger partial charge in [-0.25, -0.2) is 17.8 Å². The molecule has 3 aromatic rings. The van der Waals surface area contributed by atoms with E-state index in [9.17, 15) is 17.6 Å². The molecule has 9 heteroatoms. The van der Waals surface area contributed by atoms with Gasteiger partial charge in [0.15, 0.2) is 0 Å². The lowest BCUT2D eigenvalue weighted by Gasteiger charge is -2.28. The van der Waals surface area contributed by atoms with Crippen LogP contribution in [0.4, 0.5) is 10.1 Å². The van der Waals surface area contributed by atoms with Gasteiger partial charge in [0.1, 0.15) is 10.8 Å². The first kappa shape index (κ1) is 20.6. The Labute approximate surface area is 178 Å². The normalized spacial score (nSPS) is 14.3. The Kier molecular flexibility index (Phi) is 5.68. The van der Waals surface area contributed by atoms with Gasteiger partial charge in [-0.3, -0.25) is 4.79 Å². The maximum atomic E-state index is 13.4. The van der Waals surface area contributed by atoms with Gasteiger partial charge in [0.25, 0.3) is 0 Å². The van der Waals surface area contributed by atoms with Crippen LogP contribution in [0.2, 0.25) is 0 Å². The topological polar surface area (TPSA) is 79.4 Å². The largest absolute Gasteiger partial charge is 0.325 e. The zero-order valence-electron chi connectivity index (χ0n) is 16.3. The number of fused-ring (bicyclic) bond motifs is 1. The van der Waals surface area contributed by atoms with Crippen LogP contribution in [-0.2, 0) is 34.2 Å². The van der Waals surface area contributed by atoms with E-state index in [2.05, 4.69) is 10.3 Å². The molecule has 0 aliphatic carbocycles. The zero-order chi connectivity index (χ0) is 21.3. The van der Waals surface area contributed by atoms with E-state index in [1.807, 2.05) is 18.2 Å². The molecule has 1 amide bonds. The second-order valence-electron chi connectivity index (χ2n) is 7.17. The summed E-state index contributed by atoms with van der Waals surface area (Å²) >= 11 is 1.36. The average Bonchev–Trinajstić information content (AvgIpc) is 3.15. The van der Waals surface area contributed by atoms with E-state index >= 15 is 0 Å². The minimum absolute atomic E-state index is 0.102. The molecule has 1 aliphatic heterocycles. The Hall–Kier alpha value is -2.62. The molecule has 6 nitrogen and oxygen atoms in total. The maximum Gasteiger partial charge on any atom is 0.230 e. The molecule has 1 N–H and O–H groups in total. The number of anilines is 1. The number of rotatable bonds is 5. The van der Waals surface area contributed by atoms with Crippen molar-refractivity contribution in [3.05, 3.63) is 70.5 Å². The molecule has 0 saturated heterocycles. The SMILES string of the molecule is CS(=O)(=O)N1CCc2c(cccc2NC(=O)Cc2csc(-c3cccc(F)c3)n2)C1. The summed E-state index contributed by atoms with van der Waals surface area (Å²) in [6.07, 6.45) is 1.85. The monoisotopic (exact) mass is 445 g/mol. The summed E-state index contributed by atoms with van der Waals surface area (Å²) in [6, 6.07) is 11.7. The molecule has 1 aliphatic rings. The van der Waals surface area contributed by atoms with Crippen molar-refractivity contribution in [3.63, 3.8) is 0 Å². The summed E-state index contributed by atoms with van der Waals surface area (Å²) < 4.78 is 38.5. The first-order valence-corrected chi connectivity index (χ1v) is 12.1. The van der Waals surface area contributed by atoms with Gasteiger partial charge >= 0.3 is 0 Å². The van der Waals surface area contributed by atoms with Crippen molar-refractivity contribution in [1.82, 2.24) is 9.29 Å². The van der Waals surface area contributed by atoms with Gasteiger partial charge in [-0.2, -0.15) is 4.31 Å². The number of carbonyl (C=O) groups is 1. The number of sulfonamides is 1. The molecule has 1 aromatic heterocycles. The lowest BCUT2D eigenvalue weighted by molar-refractivity contribution is -0.115. The van der Waals surface area contributed by atoms with E-state index in [1.165, 1.54) is 34.0 Å². The van der Waals surface area contributed by atoms with Crippen LogP contribution in [-0.4, -0.2) is 36.4 Å². The molecule has 0 bridgehead atoms. The van der Waals surface area contributed by atoms with Crippen LogP contribution in [0.3, 0.4) is 0 Å². The lowest BCUT2D eigenvalue weighted by Crippen LogP contribution is -2.35. The first-order chi connectivity index (χ1) is 14.3. The van der Waals surface area contributed by atoms with Gasteiger partial charge in [0.05, 0.1) is 18.4 Å². The second kappa shape index (κ2) is 8.25. The molecule has 2 heterocycles. The smallest absolute Gasteiger partial charge is 0.230 e. The minimum atomic E-state index is -3.25. The van der Waals surface area contributed by atoms with Crippen molar-refractivity contribution in [1.29, 1.82) is 0 Å². The number of carbonyl (C=O) groups excluding carboxylic acids is 1. The number of hydrogen-bond donors (Lipinski definition) is 1. The molecule has 30 heavy (non-hydrogen) atoms. The van der Waals surface area contributed by atoms with Gasteiger partial charge in [-0.15, -0.1) is 11.3 Å². The molecule has 2 aromatic carbocycles. The molecule has 0 radical (unpaired) electrons. The van der Waals surface area contributed by atoms with Gasteiger partial charge < -0.3 is 5.32 Å². The predicted molar refractivity (Wildman–Crippen MR) is 115 cm³/mol. The van der Waals surface area contributed by atoms with Gasteiger partial charge in [0.2, 0.25) is 15.9 Å². The highest BCUT2D eigenvalue weighted by atomic mass is 32.2. The highest BCUT2D eigenvalue weighted by Crippen LogP contribution is 2.28. The highest BCUT2D eigenvalue weighted by Gasteiger charge is 2.25. The Morgan fingerprint density at radius 3 is 2.83 bits per heavy atom. The minimum Gasteiger partial charge on any atom is -0.325 e. The summed E-state index contributed by atoms with van der Waals surface area (Å²) in [4.78, 5) is 17.0. The van der Waals surface area contributed by atoms with Gasteiger partial charge in [0, 0.05) is 29.7 Å². The van der Waals surface area contributed by atoms with Crippen LogP contribution < -0.4 is 5.32 Å². The molecule has 0 fully saturated rings. The number of amides is 1. The number of aromatic nitrogens is 1. The van der Waals surface area contributed by atoms with Gasteiger partial charge in [-0.05, 0) is 35.7 Å². The molecule has 0 spiro atoms. The average molecular weight is 446 g/mol. The molecule has 156 valence electrons. The summed E-state index contributed by atoms with van der Waals surface area (Å²) in [5, 5.41) is 5.39. The standard InChI is InChI=1S/C21H20FN3O3S2/c1-30(27,28)25-9-8-18-15(12-25)5-3-7-19(18)24-20(26)11-17-13-29-21(23-17)14-4-2-6-16(22)10-14/h2-7,10,13H,8-9,11-12H2,1H3,(H,24,26). The van der Waals surface area contributed by atoms with Crippen LogP contribution in [0.25, 0.3) is 10.6 Å². The number of nitrogens with one attached hydrogen (secondary N) is 1. The maximum absolute atomic E-state index is 13.4. The van der Waals surface area contributed by atoms with Gasteiger partial charge in [-0.1, -0.05) is 24.3 Å². The molecule has 0 atom stereocenters. The Bertz CT molecular complexity index is 1210. The fourth-order valence-corrected chi connectivity index (χ4v) is 5.10. The number of halogens is 1. The van der Waals surface area contributed by atoms with Crippen molar-refractivity contribution in [2.45, 2.75) is 19.4 Å². The highest BCUT2D eigenvalue weighted by molar-refractivity contribution is 7.88. The third-order valence-electron chi connectivity index (χ3n) is 4.94. The Morgan fingerprint density at radius 2 is 2.07 bits per heavy atom. The van der Waals surface area contributed by atoms with E-state index in [0.717, 1.165) is 11.1 Å². The zero-order valence-corrected chi connectivity index (χ0v) is 17.9. The van der Waals surface area contributed by atoms with E-state index in [0.29, 0.717) is 41.5 Å². The van der Waals surface area contributed by atoms with Crippen LogP contribution >= 0.6 is 11.3 Å².